The Balaban J connectivity index is 1.76. The zero-order valence-corrected chi connectivity index (χ0v) is 12.5. The first-order valence-corrected chi connectivity index (χ1v) is 6.97. The molecule has 0 bridgehead atoms. The lowest BCUT2D eigenvalue weighted by atomic mass is 10.1. The van der Waals surface area contributed by atoms with Crippen LogP contribution in [0, 0.1) is 0 Å². The van der Waals surface area contributed by atoms with Crippen molar-refractivity contribution >= 4 is 33.2 Å². The van der Waals surface area contributed by atoms with Crippen LogP contribution in [0.5, 0.6) is 17.2 Å². The van der Waals surface area contributed by atoms with Gasteiger partial charge in [-0.1, -0.05) is 11.6 Å². The smallest absolute Gasteiger partial charge is 0.231 e. The molecule has 20 heavy (non-hydrogen) atoms. The summed E-state index contributed by atoms with van der Waals surface area (Å²) in [5, 5.41) is 13.5. The molecular weight excluding hydrogens is 348 g/mol. The summed E-state index contributed by atoms with van der Waals surface area (Å²) in [5.74, 6) is 1.35. The molecule has 2 N–H and O–H groups in total. The van der Waals surface area contributed by atoms with E-state index in [9.17, 15) is 5.11 Å². The Morgan fingerprint density at radius 2 is 2.05 bits per heavy atom. The van der Waals surface area contributed by atoms with E-state index in [1.165, 1.54) is 0 Å². The minimum absolute atomic E-state index is 0.155. The quantitative estimate of drug-likeness (QED) is 0.823. The van der Waals surface area contributed by atoms with E-state index in [0.29, 0.717) is 33.2 Å². The Morgan fingerprint density at radius 3 is 2.80 bits per heavy atom. The molecule has 0 radical (unpaired) electrons. The largest absolute Gasteiger partial charge is 0.507 e. The van der Waals surface area contributed by atoms with Gasteiger partial charge in [-0.25, -0.2) is 4.98 Å². The first kappa shape index (κ1) is 13.3. The first-order valence-electron chi connectivity index (χ1n) is 5.80. The fraction of sp³-hybridized carbons (Fsp3) is 0.154. The van der Waals surface area contributed by atoms with Gasteiger partial charge in [-0.2, -0.15) is 0 Å². The highest BCUT2D eigenvalue weighted by molar-refractivity contribution is 9.10. The number of halogens is 2. The summed E-state index contributed by atoms with van der Waals surface area (Å²) in [6.07, 6.45) is 1.62. The third-order valence-electron chi connectivity index (χ3n) is 2.85. The number of nitrogens with one attached hydrogen (secondary N) is 1. The summed E-state index contributed by atoms with van der Waals surface area (Å²) >= 11 is 9.14. The van der Waals surface area contributed by atoms with Crippen molar-refractivity contribution in [3.8, 4) is 17.2 Å². The molecule has 0 atom stereocenters. The molecule has 7 heteroatoms. The molecule has 5 nitrogen and oxygen atoms in total. The number of benzene rings is 1. The van der Waals surface area contributed by atoms with Gasteiger partial charge in [-0.3, -0.25) is 0 Å². The Kier molecular flexibility index (Phi) is 3.58. The van der Waals surface area contributed by atoms with Gasteiger partial charge in [0.05, 0.1) is 16.4 Å². The Bertz CT molecular complexity index is 666. The van der Waals surface area contributed by atoms with Gasteiger partial charge in [-0.15, -0.1) is 0 Å². The number of anilines is 1. The van der Waals surface area contributed by atoms with Crippen molar-refractivity contribution in [3.63, 3.8) is 0 Å². The lowest BCUT2D eigenvalue weighted by Gasteiger charge is -2.09. The van der Waals surface area contributed by atoms with Gasteiger partial charge in [0.1, 0.15) is 10.9 Å². The van der Waals surface area contributed by atoms with Gasteiger partial charge >= 0.3 is 0 Å². The fourth-order valence-electron chi connectivity index (χ4n) is 1.83. The number of hydrogen-bond acceptors (Lipinski definition) is 5. The lowest BCUT2D eigenvalue weighted by molar-refractivity contribution is 0.174. The fourth-order valence-corrected chi connectivity index (χ4v) is 2.28. The SMILES string of the molecule is Oc1cc2c(cc1CNc1cnc(Cl)c(Br)c1)OCO2. The molecule has 0 saturated heterocycles. The maximum Gasteiger partial charge on any atom is 0.231 e. The first-order chi connectivity index (χ1) is 9.63. The topological polar surface area (TPSA) is 63.6 Å². The van der Waals surface area contributed by atoms with Crippen LogP contribution in [-0.2, 0) is 6.54 Å². The Morgan fingerprint density at radius 1 is 1.30 bits per heavy atom. The van der Waals surface area contributed by atoms with E-state index < -0.39 is 0 Å². The average molecular weight is 358 g/mol. The van der Waals surface area contributed by atoms with Crippen molar-refractivity contribution in [1.29, 1.82) is 0 Å². The predicted octanol–water partition coefficient (Wildman–Crippen LogP) is 3.54. The van der Waals surface area contributed by atoms with Crippen molar-refractivity contribution in [2.24, 2.45) is 0 Å². The summed E-state index contributed by atoms with van der Waals surface area (Å²) in [7, 11) is 0. The van der Waals surface area contributed by atoms with E-state index in [4.69, 9.17) is 21.1 Å². The number of nitrogens with zero attached hydrogens (tertiary/aromatic N) is 1. The van der Waals surface area contributed by atoms with Gasteiger partial charge in [0.2, 0.25) is 6.79 Å². The van der Waals surface area contributed by atoms with Crippen molar-refractivity contribution in [1.82, 2.24) is 4.98 Å². The second kappa shape index (κ2) is 5.38. The monoisotopic (exact) mass is 356 g/mol. The average Bonchev–Trinajstić information content (AvgIpc) is 2.87. The molecule has 0 amide bonds. The molecule has 1 aromatic carbocycles. The van der Waals surface area contributed by atoms with Crippen molar-refractivity contribution in [2.75, 3.05) is 12.1 Å². The van der Waals surface area contributed by atoms with Crippen LogP contribution in [0.1, 0.15) is 5.56 Å². The summed E-state index contributed by atoms with van der Waals surface area (Å²) in [5.41, 5.74) is 1.50. The van der Waals surface area contributed by atoms with Crippen molar-refractivity contribution < 1.29 is 14.6 Å². The van der Waals surface area contributed by atoms with Gasteiger partial charge in [0, 0.05) is 18.2 Å². The highest BCUT2D eigenvalue weighted by atomic mass is 79.9. The van der Waals surface area contributed by atoms with Crippen LogP contribution < -0.4 is 14.8 Å². The van der Waals surface area contributed by atoms with Crippen LogP contribution in [0.25, 0.3) is 0 Å². The van der Waals surface area contributed by atoms with Crippen LogP contribution in [0.3, 0.4) is 0 Å². The molecule has 3 rings (SSSR count). The summed E-state index contributed by atoms with van der Waals surface area (Å²) in [6.45, 7) is 0.609. The highest BCUT2D eigenvalue weighted by Crippen LogP contribution is 2.37. The molecule has 1 aliphatic heterocycles. The minimum atomic E-state index is 0.155. The van der Waals surface area contributed by atoms with Crippen LogP contribution in [0.4, 0.5) is 5.69 Å². The number of phenols is 1. The number of ether oxygens (including phenoxy) is 2. The number of phenolic OH excluding ortho intramolecular Hbond substituents is 1. The van der Waals surface area contributed by atoms with E-state index in [2.05, 4.69) is 26.2 Å². The molecule has 0 saturated carbocycles. The number of rotatable bonds is 3. The molecule has 1 aromatic heterocycles. The molecule has 0 fully saturated rings. The molecule has 0 aliphatic carbocycles. The van der Waals surface area contributed by atoms with E-state index in [1.54, 1.807) is 18.3 Å². The second-order valence-electron chi connectivity index (χ2n) is 4.18. The Labute approximate surface area is 128 Å². The van der Waals surface area contributed by atoms with Crippen LogP contribution >= 0.6 is 27.5 Å². The summed E-state index contributed by atoms with van der Waals surface area (Å²) < 4.78 is 11.2. The molecule has 104 valence electrons. The summed E-state index contributed by atoms with van der Waals surface area (Å²) in [4.78, 5) is 4.02. The number of hydrogen-bond donors (Lipinski definition) is 2. The van der Waals surface area contributed by atoms with Crippen LogP contribution in [0.15, 0.2) is 28.9 Å². The Hall–Kier alpha value is -1.66. The number of aromatic hydroxyl groups is 1. The van der Waals surface area contributed by atoms with Gasteiger partial charge in [0.15, 0.2) is 11.5 Å². The minimum Gasteiger partial charge on any atom is -0.507 e. The maximum atomic E-state index is 9.93. The number of pyridine rings is 1. The van der Waals surface area contributed by atoms with Crippen LogP contribution in [0.2, 0.25) is 5.15 Å². The van der Waals surface area contributed by atoms with E-state index in [0.717, 1.165) is 5.69 Å². The van der Waals surface area contributed by atoms with E-state index >= 15 is 0 Å². The number of aromatic nitrogens is 1. The molecule has 2 aromatic rings. The third kappa shape index (κ3) is 2.62. The molecule has 0 unspecified atom stereocenters. The summed E-state index contributed by atoms with van der Waals surface area (Å²) in [6, 6.07) is 5.12. The molecular formula is C13H10BrClN2O3. The third-order valence-corrected chi connectivity index (χ3v) is 3.99. The van der Waals surface area contributed by atoms with E-state index in [1.807, 2.05) is 6.07 Å². The van der Waals surface area contributed by atoms with Crippen molar-refractivity contribution in [2.45, 2.75) is 6.54 Å². The van der Waals surface area contributed by atoms with Crippen LogP contribution in [-0.4, -0.2) is 16.9 Å². The second-order valence-corrected chi connectivity index (χ2v) is 5.40. The van der Waals surface area contributed by atoms with Gasteiger partial charge in [-0.05, 0) is 28.1 Å². The van der Waals surface area contributed by atoms with E-state index in [-0.39, 0.29) is 12.5 Å². The predicted molar refractivity (Wildman–Crippen MR) is 78.5 cm³/mol. The normalized spacial score (nSPS) is 12.5. The highest BCUT2D eigenvalue weighted by Gasteiger charge is 2.16. The standard InChI is InChI=1S/C13H10BrClN2O3/c14-9-2-8(5-17-13(9)15)16-4-7-1-11-12(3-10(7)18)20-6-19-11/h1-3,5,16,18H,4,6H2. The van der Waals surface area contributed by atoms with Gasteiger partial charge < -0.3 is 19.9 Å². The van der Waals surface area contributed by atoms with Crippen molar-refractivity contribution in [3.05, 3.63) is 39.6 Å². The maximum absolute atomic E-state index is 9.93. The lowest BCUT2D eigenvalue weighted by Crippen LogP contribution is -2.00. The zero-order chi connectivity index (χ0) is 14.1. The molecule has 2 heterocycles. The van der Waals surface area contributed by atoms with Gasteiger partial charge in [0.25, 0.3) is 0 Å². The zero-order valence-electron chi connectivity index (χ0n) is 10.2. The molecule has 1 aliphatic rings. The molecule has 0 spiro atoms. The number of fused-ring (bicyclic) bond motifs is 1.